The van der Waals surface area contributed by atoms with E-state index in [-0.39, 0.29) is 17.9 Å². The van der Waals surface area contributed by atoms with Gasteiger partial charge in [0.15, 0.2) is 0 Å². The summed E-state index contributed by atoms with van der Waals surface area (Å²) in [6, 6.07) is 11.6. The zero-order valence-electron chi connectivity index (χ0n) is 14.8. The van der Waals surface area contributed by atoms with Gasteiger partial charge in [-0.05, 0) is 36.1 Å². The first-order valence-electron chi connectivity index (χ1n) is 8.81. The molecule has 3 rings (SSSR count). The minimum atomic E-state index is -0.167. The lowest BCUT2D eigenvalue weighted by Gasteiger charge is -2.23. The van der Waals surface area contributed by atoms with E-state index in [1.807, 2.05) is 36.4 Å². The fourth-order valence-electron chi connectivity index (χ4n) is 2.99. The second-order valence-corrected chi connectivity index (χ2v) is 6.37. The zero-order chi connectivity index (χ0) is 18.4. The summed E-state index contributed by atoms with van der Waals surface area (Å²) >= 11 is 0. The van der Waals surface area contributed by atoms with Gasteiger partial charge in [-0.2, -0.15) is 0 Å². The van der Waals surface area contributed by atoms with E-state index >= 15 is 0 Å². The molecule has 2 amide bonds. The maximum atomic E-state index is 12.7. The number of rotatable bonds is 5. The quantitative estimate of drug-likeness (QED) is 0.864. The lowest BCUT2D eigenvalue weighted by atomic mass is 10.0. The van der Waals surface area contributed by atoms with Crippen LogP contribution in [0.3, 0.4) is 0 Å². The molecule has 6 heteroatoms. The van der Waals surface area contributed by atoms with Crippen LogP contribution in [0.15, 0.2) is 42.6 Å². The molecule has 0 atom stereocenters. The Morgan fingerprint density at radius 1 is 1.19 bits per heavy atom. The average molecular weight is 353 g/mol. The standard InChI is InChI=1S/C20H23N3O3/c1-14(24)22-13-15-4-2-5-16(12-15)18-6-3-9-21-19(18)20(25)23-17-7-10-26-11-8-17/h2-6,9,12,17H,7-8,10-11,13H2,1H3,(H,22,24)(H,23,25). The predicted octanol–water partition coefficient (Wildman–Crippen LogP) is 2.29. The number of nitrogens with one attached hydrogen (secondary N) is 2. The van der Waals surface area contributed by atoms with E-state index < -0.39 is 0 Å². The van der Waals surface area contributed by atoms with Crippen molar-refractivity contribution in [2.24, 2.45) is 0 Å². The van der Waals surface area contributed by atoms with E-state index in [0.717, 1.165) is 29.5 Å². The summed E-state index contributed by atoms with van der Waals surface area (Å²) in [6.45, 7) is 3.28. The molecule has 1 fully saturated rings. The number of hydrogen-bond acceptors (Lipinski definition) is 4. The molecule has 0 saturated carbocycles. The van der Waals surface area contributed by atoms with Crippen molar-refractivity contribution in [1.29, 1.82) is 0 Å². The number of benzene rings is 1. The highest BCUT2D eigenvalue weighted by Crippen LogP contribution is 2.23. The SMILES string of the molecule is CC(=O)NCc1cccc(-c2cccnc2C(=O)NC2CCOCC2)c1. The van der Waals surface area contributed by atoms with Gasteiger partial charge in [-0.1, -0.05) is 24.3 Å². The Labute approximate surface area is 153 Å². The molecule has 2 heterocycles. The van der Waals surface area contributed by atoms with Gasteiger partial charge < -0.3 is 15.4 Å². The Hall–Kier alpha value is -2.73. The van der Waals surface area contributed by atoms with Crippen LogP contribution in [0.4, 0.5) is 0 Å². The first-order chi connectivity index (χ1) is 12.6. The maximum absolute atomic E-state index is 12.7. The van der Waals surface area contributed by atoms with Crippen molar-refractivity contribution in [2.45, 2.75) is 32.4 Å². The first-order valence-corrected chi connectivity index (χ1v) is 8.81. The topological polar surface area (TPSA) is 80.3 Å². The summed E-state index contributed by atoms with van der Waals surface area (Å²) in [4.78, 5) is 28.2. The van der Waals surface area contributed by atoms with Crippen molar-refractivity contribution >= 4 is 11.8 Å². The molecule has 0 radical (unpaired) electrons. The number of nitrogens with zero attached hydrogens (tertiary/aromatic N) is 1. The van der Waals surface area contributed by atoms with Crippen molar-refractivity contribution in [3.05, 3.63) is 53.9 Å². The van der Waals surface area contributed by atoms with Crippen LogP contribution in [-0.4, -0.2) is 36.1 Å². The van der Waals surface area contributed by atoms with E-state index in [1.165, 1.54) is 6.92 Å². The molecule has 1 saturated heterocycles. The third-order valence-electron chi connectivity index (χ3n) is 4.36. The van der Waals surface area contributed by atoms with Gasteiger partial charge in [0.05, 0.1) is 0 Å². The Morgan fingerprint density at radius 3 is 2.77 bits per heavy atom. The van der Waals surface area contributed by atoms with Crippen molar-refractivity contribution in [3.8, 4) is 11.1 Å². The van der Waals surface area contributed by atoms with Crippen molar-refractivity contribution in [3.63, 3.8) is 0 Å². The summed E-state index contributed by atoms with van der Waals surface area (Å²) in [5.74, 6) is -0.243. The first kappa shape index (κ1) is 18.1. The van der Waals surface area contributed by atoms with Gasteiger partial charge in [-0.3, -0.25) is 14.6 Å². The van der Waals surface area contributed by atoms with Crippen LogP contribution in [0, 0.1) is 0 Å². The molecule has 0 unspecified atom stereocenters. The number of carbonyl (C=O) groups excluding carboxylic acids is 2. The highest BCUT2D eigenvalue weighted by Gasteiger charge is 2.20. The van der Waals surface area contributed by atoms with Gasteiger partial charge >= 0.3 is 0 Å². The zero-order valence-corrected chi connectivity index (χ0v) is 14.8. The second-order valence-electron chi connectivity index (χ2n) is 6.37. The Bertz CT molecular complexity index is 785. The molecular weight excluding hydrogens is 330 g/mol. The molecule has 6 nitrogen and oxygen atoms in total. The fourth-order valence-corrected chi connectivity index (χ4v) is 2.99. The van der Waals surface area contributed by atoms with Crippen LogP contribution in [0.2, 0.25) is 0 Å². The van der Waals surface area contributed by atoms with Crippen LogP contribution >= 0.6 is 0 Å². The normalized spacial score (nSPS) is 14.7. The minimum absolute atomic E-state index is 0.0756. The largest absolute Gasteiger partial charge is 0.381 e. The number of pyridine rings is 1. The molecule has 2 N–H and O–H groups in total. The van der Waals surface area contributed by atoms with Gasteiger partial charge in [0, 0.05) is 44.5 Å². The molecule has 0 spiro atoms. The number of carbonyl (C=O) groups is 2. The molecule has 26 heavy (non-hydrogen) atoms. The van der Waals surface area contributed by atoms with Crippen LogP contribution < -0.4 is 10.6 Å². The van der Waals surface area contributed by atoms with Gasteiger partial charge in [0.2, 0.25) is 5.91 Å². The van der Waals surface area contributed by atoms with E-state index in [4.69, 9.17) is 4.74 Å². The molecule has 1 aliphatic heterocycles. The Kier molecular flexibility index (Phi) is 5.96. The molecule has 1 aromatic heterocycles. The van der Waals surface area contributed by atoms with Gasteiger partial charge in [-0.25, -0.2) is 0 Å². The summed E-state index contributed by atoms with van der Waals surface area (Å²) in [5, 5.41) is 5.85. The lowest BCUT2D eigenvalue weighted by Crippen LogP contribution is -2.39. The summed E-state index contributed by atoms with van der Waals surface area (Å²) in [7, 11) is 0. The number of amides is 2. The summed E-state index contributed by atoms with van der Waals surface area (Å²) in [5.41, 5.74) is 3.06. The van der Waals surface area contributed by atoms with Gasteiger partial charge in [0.1, 0.15) is 5.69 Å². The minimum Gasteiger partial charge on any atom is -0.381 e. The van der Waals surface area contributed by atoms with Crippen LogP contribution in [0.5, 0.6) is 0 Å². The maximum Gasteiger partial charge on any atom is 0.270 e. The van der Waals surface area contributed by atoms with Crippen molar-refractivity contribution in [1.82, 2.24) is 15.6 Å². The summed E-state index contributed by atoms with van der Waals surface area (Å²) < 4.78 is 5.34. The monoisotopic (exact) mass is 353 g/mol. The van der Waals surface area contributed by atoms with E-state index in [2.05, 4.69) is 15.6 Å². The molecule has 1 aromatic carbocycles. The van der Waals surface area contributed by atoms with Crippen LogP contribution in [-0.2, 0) is 16.1 Å². The highest BCUT2D eigenvalue weighted by molar-refractivity contribution is 5.99. The van der Waals surface area contributed by atoms with E-state index in [0.29, 0.717) is 25.5 Å². The molecule has 0 bridgehead atoms. The molecule has 0 aliphatic carbocycles. The van der Waals surface area contributed by atoms with Crippen LogP contribution in [0.25, 0.3) is 11.1 Å². The smallest absolute Gasteiger partial charge is 0.270 e. The molecule has 2 aromatic rings. The predicted molar refractivity (Wildman–Crippen MR) is 98.5 cm³/mol. The Morgan fingerprint density at radius 2 is 2.00 bits per heavy atom. The molecular formula is C20H23N3O3. The second kappa shape index (κ2) is 8.58. The van der Waals surface area contributed by atoms with Crippen molar-refractivity contribution < 1.29 is 14.3 Å². The summed E-state index contributed by atoms with van der Waals surface area (Å²) in [6.07, 6.45) is 3.27. The lowest BCUT2D eigenvalue weighted by molar-refractivity contribution is -0.119. The van der Waals surface area contributed by atoms with E-state index in [9.17, 15) is 9.59 Å². The van der Waals surface area contributed by atoms with Crippen molar-refractivity contribution in [2.75, 3.05) is 13.2 Å². The molecule has 136 valence electrons. The highest BCUT2D eigenvalue weighted by atomic mass is 16.5. The third kappa shape index (κ3) is 4.67. The number of aromatic nitrogens is 1. The van der Waals surface area contributed by atoms with Gasteiger partial charge in [-0.15, -0.1) is 0 Å². The number of ether oxygens (including phenoxy) is 1. The third-order valence-corrected chi connectivity index (χ3v) is 4.36. The van der Waals surface area contributed by atoms with E-state index in [1.54, 1.807) is 6.20 Å². The molecule has 1 aliphatic rings. The fraction of sp³-hybridized carbons (Fsp3) is 0.350. The number of hydrogen-bond donors (Lipinski definition) is 2. The average Bonchev–Trinajstić information content (AvgIpc) is 2.67. The van der Waals surface area contributed by atoms with Crippen LogP contribution in [0.1, 0.15) is 35.8 Å². The Balaban J connectivity index is 1.81. The van der Waals surface area contributed by atoms with Gasteiger partial charge in [0.25, 0.3) is 5.91 Å².